The predicted octanol–water partition coefficient (Wildman–Crippen LogP) is 2.50. The lowest BCUT2D eigenvalue weighted by Gasteiger charge is -2.28. The summed E-state index contributed by atoms with van der Waals surface area (Å²) in [5.41, 5.74) is -2.11. The van der Waals surface area contributed by atoms with Crippen LogP contribution in [0.15, 0.2) is 23.3 Å². The Kier molecular flexibility index (Phi) is 6.14. The Hall–Kier alpha value is -2.03. The van der Waals surface area contributed by atoms with E-state index in [1.165, 1.54) is 6.92 Å². The van der Waals surface area contributed by atoms with Gasteiger partial charge in [0.2, 0.25) is 0 Å². The molecule has 4 aliphatic rings. The molecule has 1 heterocycles. The van der Waals surface area contributed by atoms with E-state index in [0.717, 1.165) is 0 Å². The van der Waals surface area contributed by atoms with Crippen molar-refractivity contribution in [3.63, 3.8) is 0 Å². The summed E-state index contributed by atoms with van der Waals surface area (Å²) in [6, 6.07) is 0. The van der Waals surface area contributed by atoms with Crippen LogP contribution in [0.1, 0.15) is 61.8 Å². The average molecular weight is 491 g/mol. The van der Waals surface area contributed by atoms with Crippen molar-refractivity contribution >= 4 is 17.7 Å². The maximum absolute atomic E-state index is 13.9. The highest BCUT2D eigenvalue weighted by Crippen LogP contribution is 2.68. The van der Waals surface area contributed by atoms with Crippen molar-refractivity contribution in [1.29, 1.82) is 0 Å². The molecule has 2 N–H and O–H groups in total. The summed E-state index contributed by atoms with van der Waals surface area (Å²) in [5.74, 6) is -2.88. The predicted molar refractivity (Wildman–Crippen MR) is 126 cm³/mol. The van der Waals surface area contributed by atoms with Gasteiger partial charge in [-0.3, -0.25) is 9.59 Å². The van der Waals surface area contributed by atoms with Crippen molar-refractivity contribution in [2.24, 2.45) is 29.1 Å². The fourth-order valence-electron chi connectivity index (χ4n) is 6.85. The molecule has 10 atom stereocenters. The van der Waals surface area contributed by atoms with Crippen molar-refractivity contribution in [2.75, 3.05) is 0 Å². The molecule has 0 radical (unpaired) electrons. The molecule has 2 saturated carbocycles. The molecule has 1 aliphatic heterocycles. The molecule has 0 aromatic heterocycles. The number of esters is 2. The number of epoxide rings is 1. The van der Waals surface area contributed by atoms with Gasteiger partial charge in [-0.2, -0.15) is 0 Å². The number of carbonyl (C=O) groups is 3. The molecule has 0 bridgehead atoms. The van der Waals surface area contributed by atoms with Crippen LogP contribution in [0.25, 0.3) is 0 Å². The smallest absolute Gasteiger partial charge is 0.333 e. The molecule has 10 unspecified atom stereocenters. The van der Waals surface area contributed by atoms with Crippen LogP contribution in [0.3, 0.4) is 0 Å². The number of aliphatic hydroxyl groups is 2. The first-order chi connectivity index (χ1) is 16.2. The Labute approximate surface area is 206 Å². The van der Waals surface area contributed by atoms with Gasteiger partial charge in [0.15, 0.2) is 17.0 Å². The number of ether oxygens (including phenoxy) is 3. The molecule has 0 aromatic rings. The molecule has 194 valence electrons. The molecule has 0 aromatic carbocycles. The zero-order chi connectivity index (χ0) is 26.2. The second-order valence-corrected chi connectivity index (χ2v) is 11.6. The standard InChI is InChI=1S/C27H38O8/c1-9-12(2)24(32)34-21-18-17(25(18,7)8)20(33-16(6)28)15(5)23(31)27-11-14(4)22(30)26(27,35-27)10-13(3)19(21)29/h9-10,14-15,17-22,29-30H,11H2,1-8H3/b12-9-,13-10+. The Morgan fingerprint density at radius 2 is 1.71 bits per heavy atom. The number of ketones is 1. The van der Waals surface area contributed by atoms with E-state index >= 15 is 0 Å². The molecule has 8 heteroatoms. The molecule has 0 amide bonds. The van der Waals surface area contributed by atoms with Gasteiger partial charge in [0, 0.05) is 24.3 Å². The molecule has 4 rings (SSSR count). The molecular formula is C27H38O8. The van der Waals surface area contributed by atoms with Gasteiger partial charge in [-0.25, -0.2) is 4.79 Å². The van der Waals surface area contributed by atoms with Crippen molar-refractivity contribution in [3.8, 4) is 0 Å². The van der Waals surface area contributed by atoms with Crippen LogP contribution >= 0.6 is 0 Å². The summed E-state index contributed by atoms with van der Waals surface area (Å²) >= 11 is 0. The first kappa shape index (κ1) is 26.0. The summed E-state index contributed by atoms with van der Waals surface area (Å²) in [6.07, 6.45) is -0.241. The van der Waals surface area contributed by atoms with Gasteiger partial charge in [-0.1, -0.05) is 33.8 Å². The third kappa shape index (κ3) is 3.63. The molecule has 35 heavy (non-hydrogen) atoms. The molecule has 0 spiro atoms. The lowest BCUT2D eigenvalue weighted by molar-refractivity contribution is -0.157. The monoisotopic (exact) mass is 490 g/mol. The fraction of sp³-hybridized carbons (Fsp3) is 0.741. The quantitative estimate of drug-likeness (QED) is 0.268. The van der Waals surface area contributed by atoms with Gasteiger partial charge in [0.05, 0.1) is 12.0 Å². The Bertz CT molecular complexity index is 1010. The van der Waals surface area contributed by atoms with Crippen LogP contribution < -0.4 is 0 Å². The zero-order valence-corrected chi connectivity index (χ0v) is 21.8. The normalized spacial score (nSPS) is 47.8. The van der Waals surface area contributed by atoms with Gasteiger partial charge in [0.25, 0.3) is 0 Å². The highest BCUT2D eigenvalue weighted by molar-refractivity contribution is 5.96. The first-order valence-corrected chi connectivity index (χ1v) is 12.5. The third-order valence-electron chi connectivity index (χ3n) is 9.05. The van der Waals surface area contributed by atoms with Gasteiger partial charge < -0.3 is 24.4 Å². The zero-order valence-electron chi connectivity index (χ0n) is 21.8. The second kappa shape index (κ2) is 8.25. The summed E-state index contributed by atoms with van der Waals surface area (Å²) in [4.78, 5) is 38.9. The van der Waals surface area contributed by atoms with Crippen LogP contribution in [-0.4, -0.2) is 63.6 Å². The van der Waals surface area contributed by atoms with Crippen LogP contribution in [0.2, 0.25) is 0 Å². The lowest BCUT2D eigenvalue weighted by atomic mass is 9.80. The number of hydrogen-bond donors (Lipinski definition) is 2. The van der Waals surface area contributed by atoms with Crippen molar-refractivity contribution < 1.29 is 38.8 Å². The van der Waals surface area contributed by atoms with E-state index < -0.39 is 58.9 Å². The number of Topliss-reactive ketones (excluding diaryl/α,β-unsaturated/α-hetero) is 1. The number of aliphatic hydroxyl groups excluding tert-OH is 2. The Morgan fingerprint density at radius 3 is 2.29 bits per heavy atom. The van der Waals surface area contributed by atoms with Gasteiger partial charge in [-0.05, 0) is 50.2 Å². The van der Waals surface area contributed by atoms with Crippen LogP contribution in [0, 0.1) is 29.1 Å². The van der Waals surface area contributed by atoms with Gasteiger partial charge in [-0.15, -0.1) is 0 Å². The van der Waals surface area contributed by atoms with E-state index in [9.17, 15) is 24.6 Å². The van der Waals surface area contributed by atoms with E-state index in [2.05, 4.69) is 0 Å². The van der Waals surface area contributed by atoms with Crippen molar-refractivity contribution in [1.82, 2.24) is 0 Å². The van der Waals surface area contributed by atoms with Gasteiger partial charge in [0.1, 0.15) is 18.3 Å². The minimum atomic E-state index is -1.26. The van der Waals surface area contributed by atoms with Crippen LogP contribution in [-0.2, 0) is 28.6 Å². The van der Waals surface area contributed by atoms with Crippen molar-refractivity contribution in [2.45, 2.75) is 97.4 Å². The Balaban J connectivity index is 1.85. The van der Waals surface area contributed by atoms with Gasteiger partial charge >= 0.3 is 11.9 Å². The van der Waals surface area contributed by atoms with Crippen LogP contribution in [0.5, 0.6) is 0 Å². The number of carbonyl (C=O) groups excluding carboxylic acids is 3. The van der Waals surface area contributed by atoms with Crippen LogP contribution in [0.4, 0.5) is 0 Å². The molecule has 8 nitrogen and oxygen atoms in total. The van der Waals surface area contributed by atoms with E-state index in [-0.39, 0.29) is 23.5 Å². The lowest BCUT2D eigenvalue weighted by Crippen LogP contribution is -2.43. The number of rotatable bonds is 3. The summed E-state index contributed by atoms with van der Waals surface area (Å²) in [6.45, 7) is 13.9. The fourth-order valence-corrected chi connectivity index (χ4v) is 6.85. The average Bonchev–Trinajstić information content (AvgIpc) is 3.58. The molecule has 3 aliphatic carbocycles. The number of hydrogen-bond acceptors (Lipinski definition) is 8. The van der Waals surface area contributed by atoms with E-state index in [1.807, 2.05) is 20.8 Å². The SMILES string of the molecule is C/C=C(/C)C(=O)OC1C(O)/C(C)=C/C23OC2(CC(C)C3O)C(=O)C(C)C(OC(C)=O)C2C1C2(C)C. The number of fused-ring (bicyclic) bond motifs is 1. The topological polar surface area (TPSA) is 123 Å². The van der Waals surface area contributed by atoms with E-state index in [1.54, 1.807) is 39.8 Å². The maximum Gasteiger partial charge on any atom is 0.333 e. The highest BCUT2D eigenvalue weighted by atomic mass is 16.7. The second-order valence-electron chi connectivity index (χ2n) is 11.6. The minimum Gasteiger partial charge on any atom is -0.461 e. The minimum absolute atomic E-state index is 0.202. The summed E-state index contributed by atoms with van der Waals surface area (Å²) < 4.78 is 17.7. The van der Waals surface area contributed by atoms with Crippen molar-refractivity contribution in [3.05, 3.63) is 23.3 Å². The molecule has 3 fully saturated rings. The Morgan fingerprint density at radius 1 is 1.11 bits per heavy atom. The largest absolute Gasteiger partial charge is 0.461 e. The first-order valence-electron chi connectivity index (χ1n) is 12.5. The molecule has 1 saturated heterocycles. The summed E-state index contributed by atoms with van der Waals surface area (Å²) in [5, 5.41) is 22.5. The number of allylic oxidation sites excluding steroid dienone is 1. The highest BCUT2D eigenvalue weighted by Gasteiger charge is 2.82. The maximum atomic E-state index is 13.9. The molecular weight excluding hydrogens is 452 g/mol. The van der Waals surface area contributed by atoms with E-state index in [0.29, 0.717) is 17.6 Å². The summed E-state index contributed by atoms with van der Waals surface area (Å²) in [7, 11) is 0. The van der Waals surface area contributed by atoms with E-state index in [4.69, 9.17) is 14.2 Å². The third-order valence-corrected chi connectivity index (χ3v) is 9.05.